The Bertz CT molecular complexity index is 807. The Labute approximate surface area is 121 Å². The van der Waals surface area contributed by atoms with Gasteiger partial charge in [0.1, 0.15) is 11.6 Å². The fourth-order valence-corrected chi connectivity index (χ4v) is 2.44. The zero-order valence-corrected chi connectivity index (χ0v) is 11.5. The molecule has 0 saturated carbocycles. The van der Waals surface area contributed by atoms with Gasteiger partial charge in [-0.25, -0.2) is 4.39 Å². The number of hydrogen-bond donors (Lipinski definition) is 0. The van der Waals surface area contributed by atoms with E-state index in [1.54, 1.807) is 47.2 Å². The van der Waals surface area contributed by atoms with Crippen molar-refractivity contribution in [3.05, 3.63) is 66.1 Å². The van der Waals surface area contributed by atoms with Gasteiger partial charge in [0.25, 0.3) is 0 Å². The molecule has 0 aliphatic carbocycles. The molecule has 3 rings (SSSR count). The Kier molecular flexibility index (Phi) is 3.44. The molecule has 0 amide bonds. The van der Waals surface area contributed by atoms with Crippen LogP contribution in [0.5, 0.6) is 5.75 Å². The number of rotatable bonds is 4. The molecule has 0 radical (unpaired) electrons. The number of carbonyl (C=O) groups is 1. The van der Waals surface area contributed by atoms with Crippen LogP contribution in [-0.2, 0) is 6.54 Å². The molecule has 1 heterocycles. The lowest BCUT2D eigenvalue weighted by molar-refractivity contribution is 0.0970. The van der Waals surface area contributed by atoms with Crippen molar-refractivity contribution in [3.8, 4) is 5.75 Å². The Balaban J connectivity index is 1.95. The first-order valence-corrected chi connectivity index (χ1v) is 6.60. The highest BCUT2D eigenvalue weighted by Crippen LogP contribution is 2.22. The number of para-hydroxylation sites is 1. The minimum atomic E-state index is -0.281. The lowest BCUT2D eigenvalue weighted by Gasteiger charge is -2.09. The number of benzene rings is 2. The van der Waals surface area contributed by atoms with Gasteiger partial charge < -0.3 is 9.30 Å². The van der Waals surface area contributed by atoms with Crippen LogP contribution in [0.15, 0.2) is 54.7 Å². The molecule has 0 fully saturated rings. The van der Waals surface area contributed by atoms with Gasteiger partial charge in [-0.1, -0.05) is 18.2 Å². The van der Waals surface area contributed by atoms with Gasteiger partial charge in [0.05, 0.1) is 24.7 Å². The second-order valence-corrected chi connectivity index (χ2v) is 4.74. The van der Waals surface area contributed by atoms with E-state index < -0.39 is 0 Å². The van der Waals surface area contributed by atoms with E-state index in [1.165, 1.54) is 13.2 Å². The molecule has 0 spiro atoms. The van der Waals surface area contributed by atoms with Crippen molar-refractivity contribution < 1.29 is 13.9 Å². The second-order valence-electron chi connectivity index (χ2n) is 4.74. The fourth-order valence-electron chi connectivity index (χ4n) is 2.44. The van der Waals surface area contributed by atoms with Crippen molar-refractivity contribution in [2.45, 2.75) is 6.54 Å². The summed E-state index contributed by atoms with van der Waals surface area (Å²) in [4.78, 5) is 12.4. The molecule has 106 valence electrons. The first kappa shape index (κ1) is 13.4. The van der Waals surface area contributed by atoms with Gasteiger partial charge in [0.15, 0.2) is 5.78 Å². The molecule has 3 nitrogen and oxygen atoms in total. The number of aromatic nitrogens is 1. The molecule has 21 heavy (non-hydrogen) atoms. The van der Waals surface area contributed by atoms with Gasteiger partial charge in [0, 0.05) is 11.6 Å². The normalized spacial score (nSPS) is 10.8. The number of methoxy groups -OCH3 is 1. The van der Waals surface area contributed by atoms with E-state index in [0.717, 1.165) is 0 Å². The number of ketones is 1. The Morgan fingerprint density at radius 2 is 1.95 bits per heavy atom. The zero-order chi connectivity index (χ0) is 14.8. The van der Waals surface area contributed by atoms with E-state index >= 15 is 0 Å². The van der Waals surface area contributed by atoms with Crippen LogP contribution in [0.4, 0.5) is 4.39 Å². The van der Waals surface area contributed by atoms with Crippen LogP contribution >= 0.6 is 0 Å². The summed E-state index contributed by atoms with van der Waals surface area (Å²) in [6.07, 6.45) is 1.72. The molecule has 0 saturated heterocycles. The fraction of sp³-hybridized carbons (Fsp3) is 0.118. The van der Waals surface area contributed by atoms with Crippen molar-refractivity contribution >= 4 is 16.7 Å². The Hall–Kier alpha value is -2.62. The lowest BCUT2D eigenvalue weighted by atomic mass is 10.1. The summed E-state index contributed by atoms with van der Waals surface area (Å²) in [7, 11) is 1.53. The van der Waals surface area contributed by atoms with Crippen molar-refractivity contribution in [3.63, 3.8) is 0 Å². The molecule has 0 unspecified atom stereocenters. The maximum absolute atomic E-state index is 13.7. The van der Waals surface area contributed by atoms with Crippen LogP contribution in [0.2, 0.25) is 0 Å². The van der Waals surface area contributed by atoms with Crippen LogP contribution in [0.3, 0.4) is 0 Å². The van der Waals surface area contributed by atoms with Crippen LogP contribution < -0.4 is 4.74 Å². The van der Waals surface area contributed by atoms with Crippen molar-refractivity contribution in [1.29, 1.82) is 0 Å². The van der Waals surface area contributed by atoms with Gasteiger partial charge in [-0.15, -0.1) is 0 Å². The first-order chi connectivity index (χ1) is 10.2. The number of fused-ring (bicyclic) bond motifs is 1. The van der Waals surface area contributed by atoms with Crippen molar-refractivity contribution in [2.24, 2.45) is 0 Å². The van der Waals surface area contributed by atoms with E-state index in [2.05, 4.69) is 0 Å². The van der Waals surface area contributed by atoms with Crippen LogP contribution in [0, 0.1) is 5.82 Å². The molecule has 1 aromatic heterocycles. The molecule has 3 aromatic rings. The smallest absolute Gasteiger partial charge is 0.186 e. The van der Waals surface area contributed by atoms with Crippen molar-refractivity contribution in [2.75, 3.05) is 7.11 Å². The summed E-state index contributed by atoms with van der Waals surface area (Å²) in [5, 5.41) is 0.519. The third kappa shape index (κ3) is 2.40. The highest BCUT2D eigenvalue weighted by molar-refractivity contribution is 5.99. The highest BCUT2D eigenvalue weighted by Gasteiger charge is 2.13. The molecule has 0 aliphatic rings. The predicted octanol–water partition coefficient (Wildman–Crippen LogP) is 3.67. The topological polar surface area (TPSA) is 31.2 Å². The number of carbonyl (C=O) groups excluding carboxylic acids is 1. The minimum Gasteiger partial charge on any atom is -0.496 e. The zero-order valence-electron chi connectivity index (χ0n) is 11.5. The summed E-state index contributed by atoms with van der Waals surface area (Å²) in [6, 6.07) is 13.6. The third-order valence-corrected chi connectivity index (χ3v) is 3.48. The van der Waals surface area contributed by atoms with Gasteiger partial charge in [-0.3, -0.25) is 4.79 Å². The third-order valence-electron chi connectivity index (χ3n) is 3.48. The summed E-state index contributed by atoms with van der Waals surface area (Å²) >= 11 is 0. The van der Waals surface area contributed by atoms with Crippen LogP contribution in [0.1, 0.15) is 10.4 Å². The van der Waals surface area contributed by atoms with Gasteiger partial charge in [-0.2, -0.15) is 0 Å². The number of hydrogen-bond acceptors (Lipinski definition) is 2. The SMILES string of the molecule is COc1ccccc1C(=O)Cn1ccc2c(F)cccc21. The summed E-state index contributed by atoms with van der Waals surface area (Å²) < 4.78 is 20.6. The van der Waals surface area contributed by atoms with E-state index in [0.29, 0.717) is 22.2 Å². The largest absolute Gasteiger partial charge is 0.496 e. The average molecular weight is 283 g/mol. The molecule has 4 heteroatoms. The molecule has 0 atom stereocenters. The maximum Gasteiger partial charge on any atom is 0.186 e. The molecule has 0 bridgehead atoms. The number of Topliss-reactive ketones (excluding diaryl/α,β-unsaturated/α-hetero) is 1. The van der Waals surface area contributed by atoms with Gasteiger partial charge in [-0.05, 0) is 30.3 Å². The monoisotopic (exact) mass is 283 g/mol. The number of nitrogens with zero attached hydrogens (tertiary/aromatic N) is 1. The van der Waals surface area contributed by atoms with E-state index in [4.69, 9.17) is 4.74 Å². The average Bonchev–Trinajstić information content (AvgIpc) is 2.92. The minimum absolute atomic E-state index is 0.0748. The Morgan fingerprint density at radius 1 is 1.14 bits per heavy atom. The van der Waals surface area contributed by atoms with Crippen LogP contribution in [-0.4, -0.2) is 17.5 Å². The predicted molar refractivity (Wildman–Crippen MR) is 79.2 cm³/mol. The maximum atomic E-state index is 13.7. The van der Waals surface area contributed by atoms with E-state index in [9.17, 15) is 9.18 Å². The van der Waals surface area contributed by atoms with E-state index in [1.807, 2.05) is 6.07 Å². The van der Waals surface area contributed by atoms with Gasteiger partial charge in [0.2, 0.25) is 0 Å². The summed E-state index contributed by atoms with van der Waals surface area (Å²) in [6.45, 7) is 0.146. The quantitative estimate of drug-likeness (QED) is 0.684. The van der Waals surface area contributed by atoms with Crippen LogP contribution in [0.25, 0.3) is 10.9 Å². The first-order valence-electron chi connectivity index (χ1n) is 6.60. The second kappa shape index (κ2) is 5.40. The molecule has 0 aliphatic heterocycles. The standard InChI is InChI=1S/C17H14FNO2/c1-21-17-8-3-2-5-13(17)16(20)11-19-10-9-12-14(18)6-4-7-15(12)19/h2-10H,11H2,1H3. The summed E-state index contributed by atoms with van der Waals surface area (Å²) in [5.74, 6) is 0.190. The highest BCUT2D eigenvalue weighted by atomic mass is 19.1. The van der Waals surface area contributed by atoms with Gasteiger partial charge >= 0.3 is 0 Å². The number of halogens is 1. The molecular weight excluding hydrogens is 269 g/mol. The summed E-state index contributed by atoms with van der Waals surface area (Å²) in [5.41, 5.74) is 1.23. The van der Waals surface area contributed by atoms with Crippen molar-refractivity contribution in [1.82, 2.24) is 4.57 Å². The molecular formula is C17H14FNO2. The molecule has 0 N–H and O–H groups in total. The van der Waals surface area contributed by atoms with E-state index in [-0.39, 0.29) is 18.1 Å². The number of ether oxygens (including phenoxy) is 1. The lowest BCUT2D eigenvalue weighted by Crippen LogP contribution is -2.10. The Morgan fingerprint density at radius 3 is 2.76 bits per heavy atom. The molecule has 2 aromatic carbocycles.